The van der Waals surface area contributed by atoms with E-state index in [1.165, 1.54) is 11.8 Å². The Bertz CT molecular complexity index is 943. The second-order valence-electron chi connectivity index (χ2n) is 8.49. The zero-order valence-corrected chi connectivity index (χ0v) is 17.6. The Morgan fingerprint density at radius 1 is 1.25 bits per heavy atom. The van der Waals surface area contributed by atoms with Crippen LogP contribution in [-0.4, -0.2) is 48.8 Å². The van der Waals surface area contributed by atoms with Gasteiger partial charge in [-0.3, -0.25) is 14.6 Å². The molecular formula is C20H28N4O3S. The van der Waals surface area contributed by atoms with Crippen molar-refractivity contribution in [1.82, 2.24) is 15.1 Å². The number of hydrogen-bond donors (Lipinski definition) is 2. The average Bonchev–Trinajstić information content (AvgIpc) is 3.07. The number of hydrogen-bond acceptors (Lipinski definition) is 4. The number of carbonyl (C=O) groups is 1. The largest absolute Gasteiger partial charge is 0.338 e. The number of aromatic nitrogens is 2. The summed E-state index contributed by atoms with van der Waals surface area (Å²) >= 11 is 0. The van der Waals surface area contributed by atoms with E-state index in [-0.39, 0.29) is 17.2 Å². The number of anilines is 1. The van der Waals surface area contributed by atoms with Gasteiger partial charge in [0.2, 0.25) is 10.0 Å². The van der Waals surface area contributed by atoms with Gasteiger partial charge in [0.1, 0.15) is 0 Å². The molecule has 0 radical (unpaired) electrons. The molecule has 1 saturated heterocycles. The third kappa shape index (κ3) is 4.73. The first kappa shape index (κ1) is 20.4. The molecule has 1 aliphatic rings. The van der Waals surface area contributed by atoms with Gasteiger partial charge in [0.25, 0.3) is 5.91 Å². The number of H-pyrrole nitrogens is 1. The molecule has 1 aromatic carbocycles. The van der Waals surface area contributed by atoms with Crippen LogP contribution < -0.4 is 4.72 Å². The molecule has 1 amide bonds. The Hall–Kier alpha value is -2.35. The van der Waals surface area contributed by atoms with E-state index in [1.54, 1.807) is 0 Å². The molecule has 7 nitrogen and oxygen atoms in total. The van der Waals surface area contributed by atoms with Gasteiger partial charge in [-0.05, 0) is 36.0 Å². The van der Waals surface area contributed by atoms with E-state index in [1.807, 2.05) is 29.2 Å². The Morgan fingerprint density at radius 3 is 2.54 bits per heavy atom. The van der Waals surface area contributed by atoms with Crippen molar-refractivity contribution in [3.63, 3.8) is 0 Å². The number of amides is 1. The summed E-state index contributed by atoms with van der Waals surface area (Å²) in [4.78, 5) is 14.8. The van der Waals surface area contributed by atoms with Crippen LogP contribution in [0.25, 0.3) is 0 Å². The number of sulfonamides is 1. The van der Waals surface area contributed by atoms with Crippen molar-refractivity contribution in [2.75, 3.05) is 24.1 Å². The van der Waals surface area contributed by atoms with E-state index >= 15 is 0 Å². The van der Waals surface area contributed by atoms with Crippen LogP contribution in [0.1, 0.15) is 61.1 Å². The number of piperidine rings is 1. The molecule has 1 atom stereocenters. The van der Waals surface area contributed by atoms with Gasteiger partial charge in [0.15, 0.2) is 0 Å². The van der Waals surface area contributed by atoms with Crippen molar-refractivity contribution in [2.24, 2.45) is 0 Å². The minimum atomic E-state index is -3.39. The van der Waals surface area contributed by atoms with Crippen LogP contribution in [-0.2, 0) is 15.4 Å². The predicted octanol–water partition coefficient (Wildman–Crippen LogP) is 3.10. The molecule has 0 bridgehead atoms. The summed E-state index contributed by atoms with van der Waals surface area (Å²) in [5, 5.41) is 6.89. The van der Waals surface area contributed by atoms with Crippen LogP contribution in [0.5, 0.6) is 0 Å². The third-order valence-corrected chi connectivity index (χ3v) is 5.67. The fraction of sp³-hybridized carbons (Fsp3) is 0.500. The van der Waals surface area contributed by atoms with Crippen LogP contribution >= 0.6 is 0 Å². The first-order valence-corrected chi connectivity index (χ1v) is 11.3. The third-order valence-electron chi connectivity index (χ3n) is 5.08. The lowest BCUT2D eigenvalue weighted by Crippen LogP contribution is -2.39. The summed E-state index contributed by atoms with van der Waals surface area (Å²) in [6.45, 7) is 7.66. The Kier molecular flexibility index (Phi) is 5.52. The molecule has 0 unspecified atom stereocenters. The Balaban J connectivity index is 1.75. The molecule has 2 N–H and O–H groups in total. The average molecular weight is 405 g/mol. The quantitative estimate of drug-likeness (QED) is 0.818. The van der Waals surface area contributed by atoms with Crippen molar-refractivity contribution in [2.45, 2.75) is 44.9 Å². The van der Waals surface area contributed by atoms with Crippen molar-refractivity contribution < 1.29 is 13.2 Å². The maximum atomic E-state index is 13.0. The van der Waals surface area contributed by atoms with Gasteiger partial charge in [-0.2, -0.15) is 5.10 Å². The molecular weight excluding hydrogens is 376 g/mol. The Labute approximate surface area is 166 Å². The molecule has 3 rings (SSSR count). The van der Waals surface area contributed by atoms with Crippen LogP contribution in [0.4, 0.5) is 5.69 Å². The van der Waals surface area contributed by atoms with E-state index in [4.69, 9.17) is 0 Å². The number of benzene rings is 1. The predicted molar refractivity (Wildman–Crippen MR) is 110 cm³/mol. The smallest absolute Gasteiger partial charge is 0.253 e. The standard InChI is InChI=1S/C20H28N4O3S/c1-20(2,3)16-9-7-14(8-10-16)19(25)24-11-5-6-15(13-24)18-17(12-21-22-18)23-28(4,26)27/h7-10,12,15,23H,5-6,11,13H2,1-4H3,(H,21,22)/t15-/m0/s1. The van der Waals surface area contributed by atoms with E-state index in [2.05, 4.69) is 35.7 Å². The van der Waals surface area contributed by atoms with Crippen LogP contribution in [0.15, 0.2) is 30.5 Å². The highest BCUT2D eigenvalue weighted by atomic mass is 32.2. The number of likely N-dealkylation sites (tertiary alicyclic amines) is 1. The van der Waals surface area contributed by atoms with Crippen molar-refractivity contribution >= 4 is 21.6 Å². The monoisotopic (exact) mass is 404 g/mol. The summed E-state index contributed by atoms with van der Waals surface area (Å²) in [7, 11) is -3.39. The van der Waals surface area contributed by atoms with E-state index in [9.17, 15) is 13.2 Å². The van der Waals surface area contributed by atoms with Crippen molar-refractivity contribution in [3.05, 3.63) is 47.3 Å². The van der Waals surface area contributed by atoms with Gasteiger partial charge in [0.05, 0.1) is 23.8 Å². The van der Waals surface area contributed by atoms with Crippen LogP contribution in [0.2, 0.25) is 0 Å². The van der Waals surface area contributed by atoms with Crippen LogP contribution in [0, 0.1) is 0 Å². The fourth-order valence-corrected chi connectivity index (χ4v) is 4.14. The second-order valence-corrected chi connectivity index (χ2v) is 10.2. The summed E-state index contributed by atoms with van der Waals surface area (Å²) < 4.78 is 25.6. The summed E-state index contributed by atoms with van der Waals surface area (Å²) in [6.07, 6.45) is 4.31. The number of aromatic amines is 1. The van der Waals surface area contributed by atoms with E-state index in [0.717, 1.165) is 24.8 Å². The molecule has 2 aromatic rings. The normalized spacial score (nSPS) is 18.1. The maximum absolute atomic E-state index is 13.0. The molecule has 0 saturated carbocycles. The first-order valence-electron chi connectivity index (χ1n) is 9.45. The topological polar surface area (TPSA) is 95.2 Å². The van der Waals surface area contributed by atoms with Gasteiger partial charge in [-0.1, -0.05) is 32.9 Å². The molecule has 0 spiro atoms. The molecule has 152 valence electrons. The number of nitrogens with one attached hydrogen (secondary N) is 2. The molecule has 1 fully saturated rings. The lowest BCUT2D eigenvalue weighted by molar-refractivity contribution is 0.0706. The molecule has 1 aliphatic heterocycles. The van der Waals surface area contributed by atoms with Gasteiger partial charge in [0, 0.05) is 24.6 Å². The molecule has 2 heterocycles. The zero-order valence-electron chi connectivity index (χ0n) is 16.8. The van der Waals surface area contributed by atoms with E-state index in [0.29, 0.717) is 24.3 Å². The minimum absolute atomic E-state index is 0.00213. The first-order chi connectivity index (χ1) is 13.0. The van der Waals surface area contributed by atoms with Crippen molar-refractivity contribution in [1.29, 1.82) is 0 Å². The number of carbonyl (C=O) groups excluding carboxylic acids is 1. The van der Waals surface area contributed by atoms with Gasteiger partial charge in [-0.15, -0.1) is 0 Å². The lowest BCUT2D eigenvalue weighted by Gasteiger charge is -2.33. The summed E-state index contributed by atoms with van der Waals surface area (Å²) in [5.74, 6) is 0.0144. The molecule has 28 heavy (non-hydrogen) atoms. The van der Waals surface area contributed by atoms with Crippen molar-refractivity contribution in [3.8, 4) is 0 Å². The summed E-state index contributed by atoms with van der Waals surface area (Å²) in [5.41, 5.74) is 3.09. The van der Waals surface area contributed by atoms with Gasteiger partial charge in [-0.25, -0.2) is 8.42 Å². The highest BCUT2D eigenvalue weighted by Gasteiger charge is 2.28. The van der Waals surface area contributed by atoms with Gasteiger partial charge >= 0.3 is 0 Å². The lowest BCUT2D eigenvalue weighted by atomic mass is 9.86. The summed E-state index contributed by atoms with van der Waals surface area (Å²) in [6, 6.07) is 7.80. The molecule has 0 aliphatic carbocycles. The Morgan fingerprint density at radius 2 is 1.93 bits per heavy atom. The molecule has 1 aromatic heterocycles. The van der Waals surface area contributed by atoms with Crippen LogP contribution in [0.3, 0.4) is 0 Å². The van der Waals surface area contributed by atoms with Gasteiger partial charge < -0.3 is 4.90 Å². The number of nitrogens with zero attached hydrogens (tertiary/aromatic N) is 2. The highest BCUT2D eigenvalue weighted by molar-refractivity contribution is 7.92. The minimum Gasteiger partial charge on any atom is -0.338 e. The zero-order chi connectivity index (χ0) is 20.5. The highest BCUT2D eigenvalue weighted by Crippen LogP contribution is 2.31. The fourth-order valence-electron chi connectivity index (χ4n) is 3.58. The number of rotatable bonds is 4. The maximum Gasteiger partial charge on any atom is 0.253 e. The van der Waals surface area contributed by atoms with E-state index < -0.39 is 10.0 Å². The second kappa shape index (κ2) is 7.58. The molecule has 8 heteroatoms. The SMILES string of the molecule is CC(C)(C)c1ccc(C(=O)N2CCC[C@H](c3[nH]ncc3NS(C)(=O)=O)C2)cc1.